The number of carbonyl (C=O) groups excluding carboxylic acids is 2. The maximum Gasteiger partial charge on any atom is 0.261 e. The van der Waals surface area contributed by atoms with Gasteiger partial charge < -0.3 is 15.2 Å². The van der Waals surface area contributed by atoms with Gasteiger partial charge in [0.2, 0.25) is 5.91 Å². The summed E-state index contributed by atoms with van der Waals surface area (Å²) in [5.74, 6) is -0.0570. The van der Waals surface area contributed by atoms with Gasteiger partial charge in [0.05, 0.1) is 0 Å². The van der Waals surface area contributed by atoms with Crippen molar-refractivity contribution in [1.82, 2.24) is 14.9 Å². The second-order valence-electron chi connectivity index (χ2n) is 7.76. The van der Waals surface area contributed by atoms with Gasteiger partial charge in [-0.3, -0.25) is 14.4 Å². The zero-order valence-corrected chi connectivity index (χ0v) is 17.3. The monoisotopic (exact) mass is 416 g/mol. The summed E-state index contributed by atoms with van der Waals surface area (Å²) in [6, 6.07) is 16.5. The number of anilines is 1. The molecular formula is C24H24N4O3. The largest absolute Gasteiger partial charge is 0.338 e. The minimum absolute atomic E-state index is 0.0893. The lowest BCUT2D eigenvalue weighted by Crippen LogP contribution is -2.43. The van der Waals surface area contributed by atoms with Gasteiger partial charge in [0.1, 0.15) is 11.4 Å². The average Bonchev–Trinajstić information content (AvgIpc) is 2.81. The molecule has 0 spiro atoms. The molecule has 0 unspecified atom stereocenters. The van der Waals surface area contributed by atoms with E-state index in [1.54, 1.807) is 29.3 Å². The molecule has 3 aromatic rings. The SMILES string of the molecule is Cc1ccc(NC(=O)C2CCN(C(=O)c3ccc(-c4ccccc4)[nH]c3=O)CC2)nc1. The number of likely N-dealkylation sites (tertiary alicyclic amines) is 1. The van der Waals surface area contributed by atoms with E-state index in [1.165, 1.54) is 0 Å². The Hall–Kier alpha value is -3.74. The van der Waals surface area contributed by atoms with Crippen LogP contribution in [0.25, 0.3) is 11.3 Å². The molecule has 2 aromatic heterocycles. The number of piperidine rings is 1. The number of aromatic nitrogens is 2. The van der Waals surface area contributed by atoms with E-state index >= 15 is 0 Å². The molecule has 0 saturated carbocycles. The molecule has 7 heteroatoms. The van der Waals surface area contributed by atoms with E-state index in [-0.39, 0.29) is 23.3 Å². The fourth-order valence-electron chi connectivity index (χ4n) is 3.71. The van der Waals surface area contributed by atoms with Gasteiger partial charge in [-0.05, 0) is 49.1 Å². The quantitative estimate of drug-likeness (QED) is 0.683. The molecule has 0 bridgehead atoms. The number of aromatic amines is 1. The molecule has 1 fully saturated rings. The summed E-state index contributed by atoms with van der Waals surface area (Å²) in [4.78, 5) is 46.5. The summed E-state index contributed by atoms with van der Waals surface area (Å²) in [6.45, 7) is 2.79. The minimum Gasteiger partial charge on any atom is -0.338 e. The first-order chi connectivity index (χ1) is 15.0. The van der Waals surface area contributed by atoms with Crippen LogP contribution in [0, 0.1) is 12.8 Å². The van der Waals surface area contributed by atoms with E-state index in [2.05, 4.69) is 15.3 Å². The highest BCUT2D eigenvalue weighted by Gasteiger charge is 2.29. The van der Waals surface area contributed by atoms with Gasteiger partial charge in [0.15, 0.2) is 0 Å². The van der Waals surface area contributed by atoms with Crippen molar-refractivity contribution in [3.63, 3.8) is 0 Å². The summed E-state index contributed by atoms with van der Waals surface area (Å²) >= 11 is 0. The van der Waals surface area contributed by atoms with Crippen LogP contribution in [0.5, 0.6) is 0 Å². The van der Waals surface area contributed by atoms with Crippen LogP contribution in [0.4, 0.5) is 5.82 Å². The number of nitrogens with zero attached hydrogens (tertiary/aromatic N) is 2. The molecule has 158 valence electrons. The lowest BCUT2D eigenvalue weighted by molar-refractivity contribution is -0.121. The van der Waals surface area contributed by atoms with Crippen molar-refractivity contribution < 1.29 is 9.59 Å². The molecule has 0 radical (unpaired) electrons. The van der Waals surface area contributed by atoms with Crippen LogP contribution < -0.4 is 10.9 Å². The number of nitrogens with one attached hydrogen (secondary N) is 2. The number of rotatable bonds is 4. The lowest BCUT2D eigenvalue weighted by atomic mass is 9.95. The van der Waals surface area contributed by atoms with Crippen LogP contribution in [0.3, 0.4) is 0 Å². The molecule has 1 aliphatic heterocycles. The highest BCUT2D eigenvalue weighted by Crippen LogP contribution is 2.21. The van der Waals surface area contributed by atoms with E-state index < -0.39 is 5.56 Å². The van der Waals surface area contributed by atoms with Gasteiger partial charge in [-0.2, -0.15) is 0 Å². The number of amides is 2. The van der Waals surface area contributed by atoms with E-state index in [4.69, 9.17) is 0 Å². The molecule has 7 nitrogen and oxygen atoms in total. The van der Waals surface area contributed by atoms with Crippen molar-refractivity contribution in [2.45, 2.75) is 19.8 Å². The number of hydrogen-bond donors (Lipinski definition) is 2. The predicted molar refractivity (Wildman–Crippen MR) is 119 cm³/mol. The van der Waals surface area contributed by atoms with Crippen molar-refractivity contribution in [3.8, 4) is 11.3 Å². The molecule has 1 aliphatic rings. The molecular weight excluding hydrogens is 392 g/mol. The Kier molecular flexibility index (Phi) is 5.93. The molecule has 2 amide bonds. The Morgan fingerprint density at radius 1 is 1.03 bits per heavy atom. The fourth-order valence-corrected chi connectivity index (χ4v) is 3.71. The second kappa shape index (κ2) is 8.95. The zero-order valence-electron chi connectivity index (χ0n) is 17.3. The van der Waals surface area contributed by atoms with E-state index in [1.807, 2.05) is 43.3 Å². The smallest absolute Gasteiger partial charge is 0.261 e. The lowest BCUT2D eigenvalue weighted by Gasteiger charge is -2.31. The number of benzene rings is 1. The maximum atomic E-state index is 12.9. The molecule has 0 atom stereocenters. The van der Waals surface area contributed by atoms with E-state index in [9.17, 15) is 14.4 Å². The van der Waals surface area contributed by atoms with Crippen LogP contribution in [0.15, 0.2) is 65.6 Å². The Morgan fingerprint density at radius 3 is 2.42 bits per heavy atom. The van der Waals surface area contributed by atoms with Gasteiger partial charge in [-0.1, -0.05) is 36.4 Å². The third-order valence-corrected chi connectivity index (χ3v) is 5.54. The highest BCUT2D eigenvalue weighted by molar-refractivity contribution is 5.95. The van der Waals surface area contributed by atoms with E-state index in [0.717, 1.165) is 11.1 Å². The fraction of sp³-hybridized carbons (Fsp3) is 0.250. The molecule has 0 aliphatic carbocycles. The second-order valence-corrected chi connectivity index (χ2v) is 7.76. The van der Waals surface area contributed by atoms with Gasteiger partial charge in [0, 0.05) is 30.9 Å². The number of hydrogen-bond acceptors (Lipinski definition) is 4. The molecule has 1 saturated heterocycles. The van der Waals surface area contributed by atoms with Gasteiger partial charge in [-0.25, -0.2) is 4.98 Å². The zero-order chi connectivity index (χ0) is 21.8. The number of carbonyl (C=O) groups is 2. The predicted octanol–water partition coefficient (Wildman–Crippen LogP) is 3.24. The minimum atomic E-state index is -0.406. The van der Waals surface area contributed by atoms with Crippen LogP contribution >= 0.6 is 0 Å². The topological polar surface area (TPSA) is 95.2 Å². The van der Waals surface area contributed by atoms with Gasteiger partial charge in [0.25, 0.3) is 11.5 Å². The molecule has 4 rings (SSSR count). The number of aryl methyl sites for hydroxylation is 1. The van der Waals surface area contributed by atoms with Gasteiger partial charge >= 0.3 is 0 Å². The van der Waals surface area contributed by atoms with Crippen molar-refractivity contribution >= 4 is 17.6 Å². The Morgan fingerprint density at radius 2 is 1.77 bits per heavy atom. The number of H-pyrrole nitrogens is 1. The Balaban J connectivity index is 1.37. The molecule has 31 heavy (non-hydrogen) atoms. The van der Waals surface area contributed by atoms with Gasteiger partial charge in [-0.15, -0.1) is 0 Å². The number of pyridine rings is 2. The summed E-state index contributed by atoms with van der Waals surface area (Å²) in [7, 11) is 0. The van der Waals surface area contributed by atoms with E-state index in [0.29, 0.717) is 37.4 Å². The van der Waals surface area contributed by atoms with Crippen molar-refractivity contribution in [2.75, 3.05) is 18.4 Å². The van der Waals surface area contributed by atoms with Crippen LogP contribution in [-0.2, 0) is 4.79 Å². The van der Waals surface area contributed by atoms with Crippen LogP contribution in [-0.4, -0.2) is 39.8 Å². The third-order valence-electron chi connectivity index (χ3n) is 5.54. The first kappa shape index (κ1) is 20.5. The third kappa shape index (κ3) is 4.71. The Labute approximate surface area is 180 Å². The maximum absolute atomic E-state index is 12.9. The summed E-state index contributed by atoms with van der Waals surface area (Å²) in [5, 5.41) is 2.84. The summed E-state index contributed by atoms with van der Waals surface area (Å²) in [5.41, 5.74) is 2.29. The van der Waals surface area contributed by atoms with Crippen molar-refractivity contribution in [3.05, 3.63) is 82.3 Å². The van der Waals surface area contributed by atoms with Crippen LogP contribution in [0.2, 0.25) is 0 Å². The van der Waals surface area contributed by atoms with Crippen molar-refractivity contribution in [2.24, 2.45) is 5.92 Å². The highest BCUT2D eigenvalue weighted by atomic mass is 16.2. The summed E-state index contributed by atoms with van der Waals surface area (Å²) < 4.78 is 0. The summed E-state index contributed by atoms with van der Waals surface area (Å²) in [6.07, 6.45) is 2.80. The van der Waals surface area contributed by atoms with Crippen molar-refractivity contribution in [1.29, 1.82) is 0 Å². The Bertz CT molecular complexity index is 1130. The molecule has 2 N–H and O–H groups in total. The molecule has 1 aromatic carbocycles. The first-order valence-corrected chi connectivity index (χ1v) is 10.3. The average molecular weight is 416 g/mol. The first-order valence-electron chi connectivity index (χ1n) is 10.3. The van der Waals surface area contributed by atoms with Crippen LogP contribution in [0.1, 0.15) is 28.8 Å². The molecule has 3 heterocycles. The normalized spacial score (nSPS) is 14.3. The standard InChI is InChI=1S/C24H24N4O3/c1-16-7-10-21(25-15-16)27-22(29)18-11-13-28(14-12-18)24(31)19-8-9-20(26-23(19)30)17-5-3-2-4-6-17/h2-10,15,18H,11-14H2,1H3,(H,26,30)(H,25,27,29).